The smallest absolute Gasteiger partial charge is 0.315 e. The Morgan fingerprint density at radius 3 is 2.52 bits per heavy atom. The second-order valence-corrected chi connectivity index (χ2v) is 11.2. The quantitative estimate of drug-likeness (QED) is 0.459. The van der Waals surface area contributed by atoms with E-state index in [1.165, 1.54) is 11.1 Å². The lowest BCUT2D eigenvalue weighted by atomic mass is 9.95. The third-order valence-electron chi connectivity index (χ3n) is 8.49. The van der Waals surface area contributed by atoms with Gasteiger partial charge in [0.2, 0.25) is 0 Å². The third kappa shape index (κ3) is 5.68. The van der Waals surface area contributed by atoms with Crippen LogP contribution in [-0.4, -0.2) is 86.7 Å². The van der Waals surface area contributed by atoms with Gasteiger partial charge in [-0.25, -0.2) is 9.97 Å². The number of hydrogen-bond acceptors (Lipinski definition) is 9. The van der Waals surface area contributed by atoms with Crippen molar-refractivity contribution < 1.29 is 9.21 Å². The number of nitrogens with one attached hydrogen (secondary N) is 1. The Morgan fingerprint density at radius 1 is 1.07 bits per heavy atom. The maximum absolute atomic E-state index is 13.2. The Labute approximate surface area is 237 Å². The summed E-state index contributed by atoms with van der Waals surface area (Å²) in [6.07, 6.45) is 4.80. The van der Waals surface area contributed by atoms with Gasteiger partial charge in [0.1, 0.15) is 11.5 Å². The van der Waals surface area contributed by atoms with E-state index in [1.54, 1.807) is 6.20 Å². The van der Waals surface area contributed by atoms with Crippen molar-refractivity contribution in [2.75, 3.05) is 42.9 Å². The van der Waals surface area contributed by atoms with Crippen molar-refractivity contribution in [2.24, 2.45) is 0 Å². The molecule has 0 saturated carbocycles. The fourth-order valence-electron chi connectivity index (χ4n) is 6.04. The summed E-state index contributed by atoms with van der Waals surface area (Å²) < 4.78 is 5.66. The summed E-state index contributed by atoms with van der Waals surface area (Å²) in [6, 6.07) is 7.62. The number of benzene rings is 1. The van der Waals surface area contributed by atoms with Crippen LogP contribution in [-0.2, 0) is 0 Å². The molecule has 2 atom stereocenters. The summed E-state index contributed by atoms with van der Waals surface area (Å²) in [7, 11) is 0. The zero-order chi connectivity index (χ0) is 28.4. The molecule has 2 unspecified atom stereocenters. The summed E-state index contributed by atoms with van der Waals surface area (Å²) >= 11 is 0. The molecule has 40 heavy (non-hydrogen) atoms. The van der Waals surface area contributed by atoms with E-state index in [4.69, 9.17) is 14.4 Å². The number of rotatable bonds is 7. The van der Waals surface area contributed by atoms with Crippen LogP contribution in [0.2, 0.25) is 0 Å². The Bertz CT molecular complexity index is 1330. The molecule has 0 bridgehead atoms. The SMILES string of the molecule is CCNc1nnc(-c2cnc(N3CC(CC)N(C4CCN(C(=O)c5ccc(C)c(C)c5)CC4)CC3C)c(C)n2)o1. The standard InChI is InChI=1S/C30H42N8O2/c1-7-24-18-37(27-22(6)33-26(16-32-27)28-34-35-30(40-28)31-8-2)21(5)17-38(24)25-11-13-36(14-12-25)29(39)23-10-9-19(3)20(4)15-23/h9-10,15-16,21,24-25H,7-8,11-14,17-18H2,1-6H3,(H,31,35). The molecule has 1 amide bonds. The second kappa shape index (κ2) is 11.9. The first-order valence-electron chi connectivity index (χ1n) is 14.6. The molecule has 1 aromatic carbocycles. The second-order valence-electron chi connectivity index (χ2n) is 11.2. The minimum atomic E-state index is 0.155. The van der Waals surface area contributed by atoms with E-state index in [0.29, 0.717) is 42.3 Å². The highest BCUT2D eigenvalue weighted by Crippen LogP contribution is 2.30. The highest BCUT2D eigenvalue weighted by molar-refractivity contribution is 5.94. The van der Waals surface area contributed by atoms with Gasteiger partial charge < -0.3 is 19.5 Å². The number of aryl methyl sites for hydroxylation is 3. The molecule has 2 saturated heterocycles. The molecule has 2 aromatic heterocycles. The van der Waals surface area contributed by atoms with Crippen molar-refractivity contribution in [1.29, 1.82) is 0 Å². The maximum Gasteiger partial charge on any atom is 0.315 e. The van der Waals surface area contributed by atoms with Gasteiger partial charge in [-0.15, -0.1) is 5.10 Å². The van der Waals surface area contributed by atoms with Crippen LogP contribution in [0.3, 0.4) is 0 Å². The fraction of sp³-hybridized carbons (Fsp3) is 0.567. The van der Waals surface area contributed by atoms with E-state index in [2.05, 4.69) is 53.0 Å². The number of carbonyl (C=O) groups excluding carboxylic acids is 1. The lowest BCUT2D eigenvalue weighted by molar-refractivity contribution is 0.0434. The van der Waals surface area contributed by atoms with E-state index in [-0.39, 0.29) is 5.91 Å². The number of hydrogen-bond donors (Lipinski definition) is 1. The summed E-state index contributed by atoms with van der Waals surface area (Å²) in [6.45, 7) is 16.8. The largest absolute Gasteiger partial charge is 0.402 e. The minimum Gasteiger partial charge on any atom is -0.402 e. The van der Waals surface area contributed by atoms with Gasteiger partial charge in [0.25, 0.3) is 11.8 Å². The van der Waals surface area contributed by atoms with Crippen LogP contribution < -0.4 is 10.2 Å². The lowest BCUT2D eigenvalue weighted by Gasteiger charge is -2.50. The summed E-state index contributed by atoms with van der Waals surface area (Å²) in [5.74, 6) is 1.43. The Balaban J connectivity index is 1.23. The molecular formula is C30H42N8O2. The van der Waals surface area contributed by atoms with Gasteiger partial charge in [-0.3, -0.25) is 9.69 Å². The highest BCUT2D eigenvalue weighted by Gasteiger charge is 2.37. The first-order valence-corrected chi connectivity index (χ1v) is 14.6. The molecule has 2 aliphatic rings. The maximum atomic E-state index is 13.2. The number of likely N-dealkylation sites (tertiary alicyclic amines) is 1. The van der Waals surface area contributed by atoms with Crippen LogP contribution in [0.4, 0.5) is 11.8 Å². The van der Waals surface area contributed by atoms with E-state index in [0.717, 1.165) is 62.5 Å². The zero-order valence-corrected chi connectivity index (χ0v) is 24.6. The predicted molar refractivity (Wildman–Crippen MR) is 157 cm³/mol. The van der Waals surface area contributed by atoms with Gasteiger partial charge in [0, 0.05) is 56.4 Å². The molecule has 3 aromatic rings. The number of piperidine rings is 1. The highest BCUT2D eigenvalue weighted by atomic mass is 16.4. The summed E-state index contributed by atoms with van der Waals surface area (Å²) in [5, 5.41) is 11.1. The summed E-state index contributed by atoms with van der Waals surface area (Å²) in [5.41, 5.74) is 4.62. The molecule has 0 radical (unpaired) electrons. The summed E-state index contributed by atoms with van der Waals surface area (Å²) in [4.78, 5) is 29.9. The Kier molecular flexibility index (Phi) is 8.35. The van der Waals surface area contributed by atoms with Crippen LogP contribution in [0.25, 0.3) is 11.6 Å². The number of piperazine rings is 1. The molecule has 5 rings (SSSR count). The number of carbonyl (C=O) groups is 1. The monoisotopic (exact) mass is 546 g/mol. The van der Waals surface area contributed by atoms with Gasteiger partial charge in [-0.05, 0) is 77.1 Å². The van der Waals surface area contributed by atoms with Gasteiger partial charge in [0.15, 0.2) is 0 Å². The van der Waals surface area contributed by atoms with E-state index in [1.807, 2.05) is 36.9 Å². The number of anilines is 2. The number of nitrogens with zero attached hydrogens (tertiary/aromatic N) is 7. The van der Waals surface area contributed by atoms with Crippen molar-refractivity contribution in [3.05, 3.63) is 46.8 Å². The topological polar surface area (TPSA) is 104 Å². The molecule has 0 spiro atoms. The Morgan fingerprint density at radius 2 is 1.85 bits per heavy atom. The Hall–Kier alpha value is -3.53. The predicted octanol–water partition coefficient (Wildman–Crippen LogP) is 4.48. The lowest BCUT2D eigenvalue weighted by Crippen LogP contribution is -2.62. The van der Waals surface area contributed by atoms with Crippen LogP contribution in [0.5, 0.6) is 0 Å². The van der Waals surface area contributed by atoms with Crippen molar-refractivity contribution in [3.63, 3.8) is 0 Å². The molecule has 2 aliphatic heterocycles. The first kappa shape index (κ1) is 28.0. The molecule has 10 nitrogen and oxygen atoms in total. The van der Waals surface area contributed by atoms with Gasteiger partial charge in [-0.1, -0.05) is 18.1 Å². The van der Waals surface area contributed by atoms with Gasteiger partial charge in [0.05, 0.1) is 11.9 Å². The average Bonchev–Trinajstić information content (AvgIpc) is 3.43. The first-order chi connectivity index (χ1) is 19.3. The van der Waals surface area contributed by atoms with Crippen LogP contribution in [0.15, 0.2) is 28.8 Å². The van der Waals surface area contributed by atoms with Gasteiger partial charge in [-0.2, -0.15) is 0 Å². The van der Waals surface area contributed by atoms with Gasteiger partial charge >= 0.3 is 6.01 Å². The molecule has 4 heterocycles. The van der Waals surface area contributed by atoms with E-state index in [9.17, 15) is 4.79 Å². The average molecular weight is 547 g/mol. The molecule has 1 N–H and O–H groups in total. The molecular weight excluding hydrogens is 504 g/mol. The molecule has 0 aliphatic carbocycles. The van der Waals surface area contributed by atoms with Crippen LogP contribution in [0, 0.1) is 20.8 Å². The third-order valence-corrected chi connectivity index (χ3v) is 8.49. The zero-order valence-electron chi connectivity index (χ0n) is 24.6. The minimum absolute atomic E-state index is 0.155. The van der Waals surface area contributed by atoms with E-state index >= 15 is 0 Å². The number of aromatic nitrogens is 4. The molecule has 214 valence electrons. The van der Waals surface area contributed by atoms with Crippen molar-refractivity contribution >= 4 is 17.7 Å². The van der Waals surface area contributed by atoms with Crippen molar-refractivity contribution in [3.8, 4) is 11.6 Å². The van der Waals surface area contributed by atoms with Crippen molar-refractivity contribution in [2.45, 2.75) is 78.9 Å². The molecule has 2 fully saturated rings. The fourth-order valence-corrected chi connectivity index (χ4v) is 6.04. The van der Waals surface area contributed by atoms with Crippen molar-refractivity contribution in [1.82, 2.24) is 30.0 Å². The van der Waals surface area contributed by atoms with Crippen LogP contribution >= 0.6 is 0 Å². The normalized spacial score (nSPS) is 20.6. The van der Waals surface area contributed by atoms with Crippen LogP contribution in [0.1, 0.15) is 67.2 Å². The molecule has 10 heteroatoms. The number of amides is 1. The van der Waals surface area contributed by atoms with E-state index < -0.39 is 0 Å².